The summed E-state index contributed by atoms with van der Waals surface area (Å²) in [7, 11) is -0.710. The summed E-state index contributed by atoms with van der Waals surface area (Å²) in [4.78, 5) is 12.7. The predicted molar refractivity (Wildman–Crippen MR) is 98.7 cm³/mol. The molecular weight excluding hydrogens is 360 g/mol. The van der Waals surface area contributed by atoms with Gasteiger partial charge in [0.2, 0.25) is 15.2 Å². The smallest absolute Gasteiger partial charge is 0.257 e. The number of anilines is 1. The monoisotopic (exact) mass is 382 g/mol. The van der Waals surface area contributed by atoms with Crippen LogP contribution in [0.3, 0.4) is 0 Å². The molecule has 2 aromatic rings. The normalized spacial score (nSPS) is 12.0. The van der Waals surface area contributed by atoms with Gasteiger partial charge in [-0.05, 0) is 37.1 Å². The van der Waals surface area contributed by atoms with E-state index in [2.05, 4.69) is 15.5 Å². The second-order valence-corrected chi connectivity index (χ2v) is 9.39. The first-order valence-corrected chi connectivity index (χ1v) is 9.98. The Morgan fingerprint density at radius 3 is 2.36 bits per heavy atom. The Morgan fingerprint density at radius 2 is 1.84 bits per heavy atom. The van der Waals surface area contributed by atoms with E-state index in [1.54, 1.807) is 19.9 Å². The molecule has 0 unspecified atom stereocenters. The predicted octanol–water partition coefficient (Wildman–Crippen LogP) is 2.78. The Labute approximate surface area is 152 Å². The number of aryl methyl sites for hydroxylation is 1. The van der Waals surface area contributed by atoms with Crippen LogP contribution in [0.4, 0.5) is 5.13 Å². The van der Waals surface area contributed by atoms with Crippen molar-refractivity contribution in [3.05, 3.63) is 33.8 Å². The summed E-state index contributed by atoms with van der Waals surface area (Å²) in [6.45, 7) is 7.50. The van der Waals surface area contributed by atoms with Gasteiger partial charge in [-0.15, -0.1) is 10.2 Å². The topological polar surface area (TPSA) is 92.3 Å². The minimum absolute atomic E-state index is 0.128. The number of amides is 1. The van der Waals surface area contributed by atoms with Crippen molar-refractivity contribution in [3.8, 4) is 0 Å². The number of rotatable bonds is 5. The molecule has 0 aliphatic heterocycles. The van der Waals surface area contributed by atoms with Gasteiger partial charge in [-0.3, -0.25) is 10.1 Å². The van der Waals surface area contributed by atoms with Crippen molar-refractivity contribution in [2.24, 2.45) is 0 Å². The first-order chi connectivity index (χ1) is 11.5. The molecule has 7 nitrogen and oxygen atoms in total. The van der Waals surface area contributed by atoms with Crippen LogP contribution in [0.25, 0.3) is 0 Å². The zero-order valence-electron chi connectivity index (χ0n) is 15.1. The van der Waals surface area contributed by atoms with Crippen LogP contribution in [0.5, 0.6) is 0 Å². The number of hydrogen-bond donors (Lipinski definition) is 1. The highest BCUT2D eigenvalue weighted by Gasteiger charge is 2.23. The van der Waals surface area contributed by atoms with Crippen molar-refractivity contribution in [3.63, 3.8) is 0 Å². The fourth-order valence-corrected chi connectivity index (χ4v) is 4.07. The van der Waals surface area contributed by atoms with Crippen molar-refractivity contribution >= 4 is 32.4 Å². The molecule has 136 valence electrons. The molecule has 0 saturated carbocycles. The average molecular weight is 383 g/mol. The number of nitrogens with zero attached hydrogens (tertiary/aromatic N) is 3. The fourth-order valence-electron chi connectivity index (χ4n) is 2.11. The molecular formula is C16H22N4O3S2. The third-order valence-electron chi connectivity index (χ3n) is 3.80. The first kappa shape index (κ1) is 19.5. The van der Waals surface area contributed by atoms with Gasteiger partial charge in [-0.25, -0.2) is 12.7 Å². The molecule has 1 aromatic carbocycles. The van der Waals surface area contributed by atoms with Crippen LogP contribution >= 0.6 is 11.3 Å². The van der Waals surface area contributed by atoms with Crippen LogP contribution in [0.15, 0.2) is 17.0 Å². The van der Waals surface area contributed by atoms with E-state index >= 15 is 0 Å². The van der Waals surface area contributed by atoms with E-state index in [0.717, 1.165) is 14.9 Å². The van der Waals surface area contributed by atoms with E-state index in [1.165, 1.54) is 31.5 Å². The van der Waals surface area contributed by atoms with E-state index < -0.39 is 15.9 Å². The average Bonchev–Trinajstić information content (AvgIpc) is 2.98. The van der Waals surface area contributed by atoms with Gasteiger partial charge in [-0.1, -0.05) is 25.2 Å². The van der Waals surface area contributed by atoms with Crippen molar-refractivity contribution in [2.45, 2.75) is 38.5 Å². The van der Waals surface area contributed by atoms with Gasteiger partial charge < -0.3 is 0 Å². The zero-order valence-corrected chi connectivity index (χ0v) is 16.7. The van der Waals surface area contributed by atoms with Crippen LogP contribution in [0, 0.1) is 13.8 Å². The van der Waals surface area contributed by atoms with Gasteiger partial charge in [0.25, 0.3) is 5.91 Å². The summed E-state index contributed by atoms with van der Waals surface area (Å²) in [6, 6.07) is 3.07. The number of hydrogen-bond acceptors (Lipinski definition) is 6. The summed E-state index contributed by atoms with van der Waals surface area (Å²) in [5.74, 6) is -0.189. The van der Waals surface area contributed by atoms with Crippen LogP contribution in [0.1, 0.15) is 46.3 Å². The third-order valence-corrected chi connectivity index (χ3v) is 6.88. The van der Waals surface area contributed by atoms with Gasteiger partial charge in [0.1, 0.15) is 5.01 Å². The Morgan fingerprint density at radius 1 is 1.20 bits per heavy atom. The quantitative estimate of drug-likeness (QED) is 0.858. The maximum Gasteiger partial charge on any atom is 0.257 e. The van der Waals surface area contributed by atoms with Crippen LogP contribution in [-0.2, 0) is 10.0 Å². The largest absolute Gasteiger partial charge is 0.296 e. The zero-order chi connectivity index (χ0) is 18.9. The molecule has 0 aliphatic carbocycles. The van der Waals surface area contributed by atoms with Gasteiger partial charge in [-0.2, -0.15) is 0 Å². The van der Waals surface area contributed by atoms with E-state index in [9.17, 15) is 13.2 Å². The van der Waals surface area contributed by atoms with Crippen molar-refractivity contribution in [1.82, 2.24) is 14.5 Å². The molecule has 0 saturated heterocycles. The highest BCUT2D eigenvalue weighted by Crippen LogP contribution is 2.25. The molecule has 1 aromatic heterocycles. The maximum absolute atomic E-state index is 12.5. The van der Waals surface area contributed by atoms with E-state index in [0.29, 0.717) is 10.7 Å². The molecule has 0 bridgehead atoms. The van der Waals surface area contributed by atoms with Crippen LogP contribution < -0.4 is 5.32 Å². The lowest BCUT2D eigenvalue weighted by molar-refractivity contribution is 0.102. The molecule has 0 spiro atoms. The SMILES string of the molecule is Cc1cc(C(=O)Nc2nnc(C(C)C)s2)cc(S(=O)(=O)N(C)C)c1C. The Kier molecular flexibility index (Phi) is 5.60. The molecule has 0 aliphatic rings. The second kappa shape index (κ2) is 7.19. The lowest BCUT2D eigenvalue weighted by Crippen LogP contribution is -2.24. The molecule has 2 rings (SSSR count). The van der Waals surface area contributed by atoms with Crippen molar-refractivity contribution < 1.29 is 13.2 Å². The Bertz CT molecular complexity index is 902. The highest BCUT2D eigenvalue weighted by molar-refractivity contribution is 7.89. The third kappa shape index (κ3) is 4.05. The maximum atomic E-state index is 12.5. The standard InChI is InChI=1S/C16H22N4O3S2/c1-9(2)15-18-19-16(24-15)17-14(21)12-7-10(3)11(4)13(8-12)25(22,23)20(5)6/h7-9H,1-6H3,(H,17,19,21). The molecule has 25 heavy (non-hydrogen) atoms. The number of sulfonamides is 1. The molecule has 0 radical (unpaired) electrons. The van der Waals surface area contributed by atoms with Crippen molar-refractivity contribution in [1.29, 1.82) is 0 Å². The molecule has 1 amide bonds. The second-order valence-electron chi connectivity index (χ2n) is 6.26. The number of carbonyl (C=O) groups excluding carboxylic acids is 1. The Balaban J connectivity index is 2.38. The summed E-state index contributed by atoms with van der Waals surface area (Å²) in [5, 5.41) is 11.9. The van der Waals surface area contributed by atoms with Crippen LogP contribution in [0.2, 0.25) is 0 Å². The molecule has 1 heterocycles. The van der Waals surface area contributed by atoms with Crippen LogP contribution in [-0.4, -0.2) is 42.9 Å². The van der Waals surface area contributed by atoms with E-state index in [4.69, 9.17) is 0 Å². The van der Waals surface area contributed by atoms with Crippen molar-refractivity contribution in [2.75, 3.05) is 19.4 Å². The summed E-state index contributed by atoms with van der Waals surface area (Å²) >= 11 is 1.31. The minimum Gasteiger partial charge on any atom is -0.296 e. The van der Waals surface area contributed by atoms with Gasteiger partial charge in [0, 0.05) is 25.6 Å². The molecule has 0 atom stereocenters. The number of aromatic nitrogens is 2. The first-order valence-electron chi connectivity index (χ1n) is 7.72. The fraction of sp³-hybridized carbons (Fsp3) is 0.438. The minimum atomic E-state index is -3.64. The van der Waals surface area contributed by atoms with Gasteiger partial charge >= 0.3 is 0 Å². The summed E-state index contributed by atoms with van der Waals surface area (Å²) < 4.78 is 26.1. The van der Waals surface area contributed by atoms with Gasteiger partial charge in [0.05, 0.1) is 4.90 Å². The Hall–Kier alpha value is -1.84. The lowest BCUT2D eigenvalue weighted by atomic mass is 10.1. The molecule has 0 fully saturated rings. The highest BCUT2D eigenvalue weighted by atomic mass is 32.2. The van der Waals surface area contributed by atoms with E-state index in [1.807, 2.05) is 13.8 Å². The van der Waals surface area contributed by atoms with Gasteiger partial charge in [0.15, 0.2) is 0 Å². The number of benzene rings is 1. The van der Waals surface area contributed by atoms with E-state index in [-0.39, 0.29) is 16.4 Å². The number of nitrogens with one attached hydrogen (secondary N) is 1. The lowest BCUT2D eigenvalue weighted by Gasteiger charge is -2.16. The summed E-state index contributed by atoms with van der Waals surface area (Å²) in [6.07, 6.45) is 0. The number of carbonyl (C=O) groups is 1. The molecule has 1 N–H and O–H groups in total. The molecule has 9 heteroatoms. The summed E-state index contributed by atoms with van der Waals surface area (Å²) in [5.41, 5.74) is 1.63.